The van der Waals surface area contributed by atoms with Crippen LogP contribution in [0, 0.1) is 18.7 Å². The Labute approximate surface area is 201 Å². The number of hydrogen-bond donors (Lipinski definition) is 0. The summed E-state index contributed by atoms with van der Waals surface area (Å²) in [6.45, 7) is 4.28. The van der Waals surface area contributed by atoms with E-state index in [0.717, 1.165) is 55.0 Å². The van der Waals surface area contributed by atoms with Gasteiger partial charge >= 0.3 is 0 Å². The summed E-state index contributed by atoms with van der Waals surface area (Å²) in [5.41, 5.74) is 3.99. The second kappa shape index (κ2) is 9.60. The van der Waals surface area contributed by atoms with Crippen molar-refractivity contribution in [1.29, 1.82) is 0 Å². The molecule has 0 N–H and O–H groups in total. The molecule has 4 aromatic rings. The summed E-state index contributed by atoms with van der Waals surface area (Å²) >= 11 is 1.48. The third-order valence-electron chi connectivity index (χ3n) is 6.70. The molecule has 0 aliphatic carbocycles. The third-order valence-corrected chi connectivity index (χ3v) is 7.53. The van der Waals surface area contributed by atoms with E-state index in [1.807, 2.05) is 42.6 Å². The molecule has 1 saturated heterocycles. The molecular weight excluding hydrogens is 449 g/mol. The molecule has 1 aliphatic heterocycles. The largest absolute Gasteiger partial charge is 0.303 e. The van der Waals surface area contributed by atoms with Crippen LogP contribution in [0.2, 0.25) is 0 Å². The number of Topliss-reactive ketones (excluding diaryl/α,β-unsaturated/α-hetero) is 1. The Morgan fingerprint density at radius 1 is 1.09 bits per heavy atom. The van der Waals surface area contributed by atoms with Gasteiger partial charge < -0.3 is 4.90 Å². The van der Waals surface area contributed by atoms with Gasteiger partial charge in [-0.05, 0) is 69.1 Å². The third kappa shape index (κ3) is 4.45. The number of carbonyl (C=O) groups excluding carboxylic acids is 1. The van der Waals surface area contributed by atoms with E-state index in [-0.39, 0.29) is 23.1 Å². The maximum absolute atomic E-state index is 13.4. The Morgan fingerprint density at radius 2 is 1.79 bits per heavy atom. The molecule has 3 heterocycles. The summed E-state index contributed by atoms with van der Waals surface area (Å²) in [5, 5.41) is 1.99. The summed E-state index contributed by atoms with van der Waals surface area (Å²) in [6, 6.07) is 15.7. The molecule has 174 valence electrons. The number of nitrogens with zero attached hydrogens (tertiary/aromatic N) is 3. The van der Waals surface area contributed by atoms with Gasteiger partial charge in [-0.2, -0.15) is 0 Å². The average Bonchev–Trinajstić information content (AvgIpc) is 3.29. The summed E-state index contributed by atoms with van der Waals surface area (Å²) in [5.74, 6) is -0.274. The first-order valence-electron chi connectivity index (χ1n) is 11.6. The first-order valence-corrected chi connectivity index (χ1v) is 12.5. The molecule has 0 bridgehead atoms. The standard InChI is InChI=1S/C27H26FN3O2S/c1-18-23(26(33)31-24(17-34-27(31)29-18)19-5-3-2-4-6-19)13-16-30-14-11-21(12-15-30)25(32)20-7-9-22(28)10-8-20/h2-10,17,21H,11-16H2,1H3. The lowest BCUT2D eigenvalue weighted by atomic mass is 9.89. The van der Waals surface area contributed by atoms with Crippen LogP contribution < -0.4 is 5.56 Å². The molecule has 0 saturated carbocycles. The van der Waals surface area contributed by atoms with Gasteiger partial charge in [-0.3, -0.25) is 14.0 Å². The topological polar surface area (TPSA) is 54.7 Å². The first kappa shape index (κ1) is 22.6. The van der Waals surface area contributed by atoms with Gasteiger partial charge in [-0.25, -0.2) is 9.37 Å². The molecule has 2 aromatic heterocycles. The van der Waals surface area contributed by atoms with Crippen molar-refractivity contribution in [1.82, 2.24) is 14.3 Å². The predicted molar refractivity (Wildman–Crippen MR) is 133 cm³/mol. The molecule has 0 unspecified atom stereocenters. The molecule has 0 radical (unpaired) electrons. The minimum Gasteiger partial charge on any atom is -0.303 e. The number of hydrogen-bond acceptors (Lipinski definition) is 5. The molecule has 0 spiro atoms. The predicted octanol–water partition coefficient (Wildman–Crippen LogP) is 5.01. The second-order valence-electron chi connectivity index (χ2n) is 8.82. The number of benzene rings is 2. The van der Waals surface area contributed by atoms with E-state index in [9.17, 15) is 14.0 Å². The van der Waals surface area contributed by atoms with Gasteiger partial charge in [-0.15, -0.1) is 11.3 Å². The number of thiazole rings is 1. The smallest absolute Gasteiger partial charge is 0.262 e. The van der Waals surface area contributed by atoms with Crippen molar-refractivity contribution in [3.63, 3.8) is 0 Å². The Hall–Kier alpha value is -3.16. The molecule has 0 atom stereocenters. The quantitative estimate of drug-likeness (QED) is 0.368. The molecule has 7 heteroatoms. The summed E-state index contributed by atoms with van der Waals surface area (Å²) < 4.78 is 14.9. The van der Waals surface area contributed by atoms with Crippen molar-refractivity contribution in [2.45, 2.75) is 26.2 Å². The first-order chi connectivity index (χ1) is 16.5. The number of halogens is 1. The molecular formula is C27H26FN3O2S. The van der Waals surface area contributed by atoms with Crippen LogP contribution >= 0.6 is 11.3 Å². The van der Waals surface area contributed by atoms with Crippen LogP contribution in [-0.4, -0.2) is 39.7 Å². The Balaban J connectivity index is 1.27. The number of aromatic nitrogens is 2. The van der Waals surface area contributed by atoms with E-state index in [2.05, 4.69) is 4.90 Å². The van der Waals surface area contributed by atoms with E-state index in [0.29, 0.717) is 16.9 Å². The fraction of sp³-hybridized carbons (Fsp3) is 0.296. The highest BCUT2D eigenvalue weighted by Gasteiger charge is 2.26. The van der Waals surface area contributed by atoms with Crippen molar-refractivity contribution >= 4 is 22.1 Å². The van der Waals surface area contributed by atoms with Crippen molar-refractivity contribution in [3.8, 4) is 11.3 Å². The van der Waals surface area contributed by atoms with Crippen LogP contribution in [0.1, 0.15) is 34.5 Å². The Bertz CT molecular complexity index is 1370. The average molecular weight is 476 g/mol. The van der Waals surface area contributed by atoms with Crippen molar-refractivity contribution in [3.05, 3.63) is 93.0 Å². The summed E-state index contributed by atoms with van der Waals surface area (Å²) in [4.78, 5) is 33.9. The zero-order chi connectivity index (χ0) is 23.7. The van der Waals surface area contributed by atoms with E-state index in [1.54, 1.807) is 16.5 Å². The summed E-state index contributed by atoms with van der Waals surface area (Å²) in [6.07, 6.45) is 2.17. The van der Waals surface area contributed by atoms with Crippen molar-refractivity contribution in [2.24, 2.45) is 5.92 Å². The molecule has 5 nitrogen and oxygen atoms in total. The maximum Gasteiger partial charge on any atom is 0.262 e. The fourth-order valence-corrected chi connectivity index (χ4v) is 5.66. The van der Waals surface area contributed by atoms with Gasteiger partial charge in [0.15, 0.2) is 10.7 Å². The highest BCUT2D eigenvalue weighted by molar-refractivity contribution is 7.15. The van der Waals surface area contributed by atoms with Gasteiger partial charge in [0.1, 0.15) is 5.82 Å². The lowest BCUT2D eigenvalue weighted by molar-refractivity contribution is 0.0841. The fourth-order valence-electron chi connectivity index (χ4n) is 4.72. The second-order valence-corrected chi connectivity index (χ2v) is 9.66. The highest BCUT2D eigenvalue weighted by atomic mass is 32.1. The number of ketones is 1. The van der Waals surface area contributed by atoms with Crippen molar-refractivity contribution < 1.29 is 9.18 Å². The molecule has 1 fully saturated rings. The molecule has 2 aromatic carbocycles. The number of likely N-dealkylation sites (tertiary alicyclic amines) is 1. The van der Waals surface area contributed by atoms with E-state index < -0.39 is 0 Å². The highest BCUT2D eigenvalue weighted by Crippen LogP contribution is 2.25. The monoisotopic (exact) mass is 475 g/mol. The van der Waals surface area contributed by atoms with Crippen molar-refractivity contribution in [2.75, 3.05) is 19.6 Å². The van der Waals surface area contributed by atoms with Crippen LogP contribution in [0.5, 0.6) is 0 Å². The Morgan fingerprint density at radius 3 is 2.50 bits per heavy atom. The van der Waals surface area contributed by atoms with E-state index in [4.69, 9.17) is 4.98 Å². The maximum atomic E-state index is 13.4. The number of aryl methyl sites for hydroxylation is 1. The lowest BCUT2D eigenvalue weighted by Gasteiger charge is -2.31. The minimum atomic E-state index is -0.330. The normalized spacial score (nSPS) is 15.1. The van der Waals surface area contributed by atoms with Gasteiger partial charge in [0.2, 0.25) is 0 Å². The zero-order valence-corrected chi connectivity index (χ0v) is 19.9. The van der Waals surface area contributed by atoms with Gasteiger partial charge in [0.05, 0.1) is 5.69 Å². The van der Waals surface area contributed by atoms with Crippen LogP contribution in [0.25, 0.3) is 16.2 Å². The van der Waals surface area contributed by atoms with Gasteiger partial charge in [0, 0.05) is 34.7 Å². The lowest BCUT2D eigenvalue weighted by Crippen LogP contribution is -2.38. The number of piperidine rings is 1. The Kier molecular flexibility index (Phi) is 6.39. The number of rotatable bonds is 6. The van der Waals surface area contributed by atoms with Crippen LogP contribution in [0.15, 0.2) is 64.8 Å². The molecule has 0 amide bonds. The van der Waals surface area contributed by atoms with Crippen LogP contribution in [0.4, 0.5) is 4.39 Å². The minimum absolute atomic E-state index is 0.00368. The molecule has 34 heavy (non-hydrogen) atoms. The number of carbonyl (C=O) groups is 1. The van der Waals surface area contributed by atoms with Gasteiger partial charge in [0.25, 0.3) is 5.56 Å². The summed E-state index contributed by atoms with van der Waals surface area (Å²) in [7, 11) is 0. The van der Waals surface area contributed by atoms with Crippen LogP contribution in [-0.2, 0) is 6.42 Å². The van der Waals surface area contributed by atoms with E-state index in [1.165, 1.54) is 23.5 Å². The number of fused-ring (bicyclic) bond motifs is 1. The SMILES string of the molecule is Cc1nc2scc(-c3ccccc3)n2c(=O)c1CCN1CCC(C(=O)c2ccc(F)cc2)CC1. The zero-order valence-electron chi connectivity index (χ0n) is 19.0. The molecule has 5 rings (SSSR count). The molecule has 1 aliphatic rings. The van der Waals surface area contributed by atoms with Gasteiger partial charge in [-0.1, -0.05) is 30.3 Å². The van der Waals surface area contributed by atoms with E-state index >= 15 is 0 Å². The van der Waals surface area contributed by atoms with Crippen LogP contribution in [0.3, 0.4) is 0 Å².